The van der Waals surface area contributed by atoms with Gasteiger partial charge in [-0.1, -0.05) is 23.2 Å². The number of carbonyl (C=O) groups is 1. The van der Waals surface area contributed by atoms with Crippen LogP contribution in [0.5, 0.6) is 0 Å². The molecule has 1 aliphatic rings. The van der Waals surface area contributed by atoms with E-state index in [0.717, 1.165) is 25.9 Å². The third kappa shape index (κ3) is 4.37. The Labute approximate surface area is 123 Å². The Morgan fingerprint density at radius 3 is 2.74 bits per heavy atom. The average molecular weight is 301 g/mol. The van der Waals surface area contributed by atoms with Gasteiger partial charge >= 0.3 is 0 Å². The summed E-state index contributed by atoms with van der Waals surface area (Å²) >= 11 is 11.9. The molecule has 0 aliphatic carbocycles. The van der Waals surface area contributed by atoms with Gasteiger partial charge in [0, 0.05) is 11.4 Å². The number of carbonyl (C=O) groups excluding carboxylic acids is 1. The SMILES string of the molecule is CN1CCC(CC(=O)Nc2cc(Cl)ccc2Cl)CC1. The molecule has 0 spiro atoms. The van der Waals surface area contributed by atoms with Gasteiger partial charge in [-0.2, -0.15) is 0 Å². The molecular weight excluding hydrogens is 283 g/mol. The highest BCUT2D eigenvalue weighted by atomic mass is 35.5. The lowest BCUT2D eigenvalue weighted by Crippen LogP contribution is -2.31. The van der Waals surface area contributed by atoms with E-state index >= 15 is 0 Å². The average Bonchev–Trinajstić information content (AvgIpc) is 2.37. The van der Waals surface area contributed by atoms with Gasteiger partial charge in [-0.25, -0.2) is 0 Å². The Balaban J connectivity index is 1.89. The highest BCUT2D eigenvalue weighted by molar-refractivity contribution is 6.35. The van der Waals surface area contributed by atoms with Gasteiger partial charge in [-0.3, -0.25) is 4.79 Å². The zero-order valence-electron chi connectivity index (χ0n) is 11.0. The van der Waals surface area contributed by atoms with Crippen molar-refractivity contribution in [3.63, 3.8) is 0 Å². The Hall–Kier alpha value is -0.770. The van der Waals surface area contributed by atoms with Crippen LogP contribution >= 0.6 is 23.2 Å². The van der Waals surface area contributed by atoms with Crippen molar-refractivity contribution in [3.05, 3.63) is 28.2 Å². The molecule has 1 aliphatic heterocycles. The topological polar surface area (TPSA) is 32.3 Å². The number of hydrogen-bond donors (Lipinski definition) is 1. The normalized spacial score (nSPS) is 17.4. The smallest absolute Gasteiger partial charge is 0.224 e. The number of likely N-dealkylation sites (tertiary alicyclic amines) is 1. The first-order chi connectivity index (χ1) is 9.04. The molecule has 0 aromatic heterocycles. The van der Waals surface area contributed by atoms with E-state index in [4.69, 9.17) is 23.2 Å². The molecule has 1 aromatic rings. The van der Waals surface area contributed by atoms with E-state index in [1.165, 1.54) is 0 Å². The molecule has 5 heteroatoms. The van der Waals surface area contributed by atoms with Crippen LogP contribution in [-0.4, -0.2) is 30.9 Å². The van der Waals surface area contributed by atoms with Crippen molar-refractivity contribution in [2.45, 2.75) is 19.3 Å². The van der Waals surface area contributed by atoms with Gasteiger partial charge in [0.05, 0.1) is 10.7 Å². The van der Waals surface area contributed by atoms with Crippen molar-refractivity contribution in [3.8, 4) is 0 Å². The molecule has 0 atom stereocenters. The number of halogens is 2. The quantitative estimate of drug-likeness (QED) is 0.924. The third-order valence-electron chi connectivity index (χ3n) is 3.51. The van der Waals surface area contributed by atoms with Crippen molar-refractivity contribution in [1.82, 2.24) is 4.90 Å². The number of hydrogen-bond acceptors (Lipinski definition) is 2. The van der Waals surface area contributed by atoms with Crippen LogP contribution in [0.1, 0.15) is 19.3 Å². The summed E-state index contributed by atoms with van der Waals surface area (Å²) in [4.78, 5) is 14.3. The maximum Gasteiger partial charge on any atom is 0.224 e. The summed E-state index contributed by atoms with van der Waals surface area (Å²) in [5.41, 5.74) is 0.590. The number of nitrogens with one attached hydrogen (secondary N) is 1. The maximum atomic E-state index is 12.0. The van der Waals surface area contributed by atoms with Gasteiger partial charge in [0.15, 0.2) is 0 Å². The zero-order valence-corrected chi connectivity index (χ0v) is 12.5. The lowest BCUT2D eigenvalue weighted by Gasteiger charge is -2.28. The minimum Gasteiger partial charge on any atom is -0.325 e. The summed E-state index contributed by atoms with van der Waals surface area (Å²) < 4.78 is 0. The number of piperidine rings is 1. The van der Waals surface area contributed by atoms with Gasteiger partial charge in [0.2, 0.25) is 5.91 Å². The van der Waals surface area contributed by atoms with Crippen molar-refractivity contribution in [2.24, 2.45) is 5.92 Å². The lowest BCUT2D eigenvalue weighted by atomic mass is 9.93. The second-order valence-electron chi connectivity index (χ2n) is 5.12. The van der Waals surface area contributed by atoms with Crippen LogP contribution in [0.3, 0.4) is 0 Å². The van der Waals surface area contributed by atoms with Gasteiger partial charge < -0.3 is 10.2 Å². The van der Waals surface area contributed by atoms with Crippen LogP contribution in [-0.2, 0) is 4.79 Å². The van der Waals surface area contributed by atoms with E-state index in [9.17, 15) is 4.79 Å². The minimum atomic E-state index is 0.0127. The van der Waals surface area contributed by atoms with Gasteiger partial charge in [0.1, 0.15) is 0 Å². The van der Waals surface area contributed by atoms with Crippen molar-refractivity contribution < 1.29 is 4.79 Å². The predicted octanol–water partition coefficient (Wildman–Crippen LogP) is 3.66. The van der Waals surface area contributed by atoms with Crippen molar-refractivity contribution >= 4 is 34.8 Å². The Bertz CT molecular complexity index is 457. The van der Waals surface area contributed by atoms with Crippen LogP contribution < -0.4 is 5.32 Å². The van der Waals surface area contributed by atoms with Crippen molar-refractivity contribution in [2.75, 3.05) is 25.5 Å². The first-order valence-corrected chi connectivity index (χ1v) is 7.23. The standard InChI is InChI=1S/C14H18Cl2N2O/c1-18-6-4-10(5-7-18)8-14(19)17-13-9-11(15)2-3-12(13)16/h2-3,9-10H,4-8H2,1H3,(H,17,19). The lowest BCUT2D eigenvalue weighted by molar-refractivity contribution is -0.117. The first kappa shape index (κ1) is 14.6. The van der Waals surface area contributed by atoms with E-state index in [-0.39, 0.29) is 5.91 Å². The first-order valence-electron chi connectivity index (χ1n) is 6.48. The molecule has 3 nitrogen and oxygen atoms in total. The fourth-order valence-corrected chi connectivity index (χ4v) is 2.66. The second kappa shape index (κ2) is 6.60. The van der Waals surface area contributed by atoms with E-state index in [1.54, 1.807) is 18.2 Å². The van der Waals surface area contributed by atoms with E-state index in [1.807, 2.05) is 0 Å². The summed E-state index contributed by atoms with van der Waals surface area (Å²) in [7, 11) is 2.11. The Morgan fingerprint density at radius 1 is 1.37 bits per heavy atom. The molecule has 1 heterocycles. The molecule has 104 valence electrons. The molecule has 0 unspecified atom stereocenters. The number of benzene rings is 1. The van der Waals surface area contributed by atoms with Crippen LogP contribution in [0.25, 0.3) is 0 Å². The number of nitrogens with zero attached hydrogens (tertiary/aromatic N) is 1. The zero-order chi connectivity index (χ0) is 13.8. The van der Waals surface area contributed by atoms with E-state index in [0.29, 0.717) is 28.1 Å². The fraction of sp³-hybridized carbons (Fsp3) is 0.500. The molecule has 0 saturated carbocycles. The molecule has 19 heavy (non-hydrogen) atoms. The summed E-state index contributed by atoms with van der Waals surface area (Å²) in [5.74, 6) is 0.480. The van der Waals surface area contributed by atoms with Gasteiger partial charge in [-0.15, -0.1) is 0 Å². The monoisotopic (exact) mass is 300 g/mol. The number of rotatable bonds is 3. The molecule has 1 fully saturated rings. The molecule has 1 aromatic carbocycles. The molecule has 2 rings (SSSR count). The summed E-state index contributed by atoms with van der Waals surface area (Å²) in [5, 5.41) is 3.92. The van der Waals surface area contributed by atoms with Crippen molar-refractivity contribution in [1.29, 1.82) is 0 Å². The van der Waals surface area contributed by atoms with Crippen LogP contribution in [0, 0.1) is 5.92 Å². The largest absolute Gasteiger partial charge is 0.325 e. The van der Waals surface area contributed by atoms with Gasteiger partial charge in [0.25, 0.3) is 0 Å². The summed E-state index contributed by atoms with van der Waals surface area (Å²) in [6.45, 7) is 2.13. The summed E-state index contributed by atoms with van der Waals surface area (Å²) in [6.07, 6.45) is 2.71. The molecular formula is C14H18Cl2N2O. The highest BCUT2D eigenvalue weighted by Crippen LogP contribution is 2.26. The van der Waals surface area contributed by atoms with Crippen LogP contribution in [0.2, 0.25) is 10.0 Å². The molecule has 0 radical (unpaired) electrons. The minimum absolute atomic E-state index is 0.0127. The molecule has 1 saturated heterocycles. The van der Waals surface area contributed by atoms with Crippen LogP contribution in [0.15, 0.2) is 18.2 Å². The predicted molar refractivity (Wildman–Crippen MR) is 79.9 cm³/mol. The van der Waals surface area contributed by atoms with Crippen LogP contribution in [0.4, 0.5) is 5.69 Å². The Morgan fingerprint density at radius 2 is 2.05 bits per heavy atom. The highest BCUT2D eigenvalue weighted by Gasteiger charge is 2.19. The van der Waals surface area contributed by atoms with E-state index < -0.39 is 0 Å². The third-order valence-corrected chi connectivity index (χ3v) is 4.08. The fourth-order valence-electron chi connectivity index (χ4n) is 2.32. The van der Waals surface area contributed by atoms with Gasteiger partial charge in [-0.05, 0) is 57.1 Å². The Kier molecular flexibility index (Phi) is 5.08. The second-order valence-corrected chi connectivity index (χ2v) is 5.97. The summed E-state index contributed by atoms with van der Waals surface area (Å²) in [6, 6.07) is 5.07. The molecule has 1 amide bonds. The van der Waals surface area contributed by atoms with E-state index in [2.05, 4.69) is 17.3 Å². The number of amides is 1. The number of anilines is 1. The maximum absolute atomic E-state index is 12.0. The molecule has 1 N–H and O–H groups in total. The molecule has 0 bridgehead atoms.